The highest BCUT2D eigenvalue weighted by Crippen LogP contribution is 2.18. The van der Waals surface area contributed by atoms with Gasteiger partial charge in [-0.1, -0.05) is 20.8 Å². The van der Waals surface area contributed by atoms with Crippen LogP contribution in [-0.4, -0.2) is 18.1 Å². The summed E-state index contributed by atoms with van der Waals surface area (Å²) in [7, 11) is 0. The van der Waals surface area contributed by atoms with E-state index in [1.807, 2.05) is 20.0 Å². The molecule has 0 N–H and O–H groups in total. The standard InChI is InChI=1S/C10H14N2.C2H6/c1-2-9-4-5-10(8-11-9)12-6-3-7-12;1-2/h4-5,8H,2-3,6-7H2,1H3;1-2H3. The minimum atomic E-state index is 1.03. The third-order valence-corrected chi connectivity index (χ3v) is 2.39. The predicted octanol–water partition coefficient (Wildman–Crippen LogP) is 2.88. The zero-order chi connectivity index (χ0) is 10.4. The van der Waals surface area contributed by atoms with Crippen LogP contribution in [0.25, 0.3) is 0 Å². The van der Waals surface area contributed by atoms with Crippen LogP contribution in [0.5, 0.6) is 0 Å². The van der Waals surface area contributed by atoms with Crippen molar-refractivity contribution in [2.24, 2.45) is 0 Å². The molecular formula is C12H20N2. The number of aromatic nitrogens is 1. The van der Waals surface area contributed by atoms with Gasteiger partial charge in [-0.2, -0.15) is 0 Å². The molecule has 0 amide bonds. The van der Waals surface area contributed by atoms with Gasteiger partial charge in [0.25, 0.3) is 0 Å². The Kier molecular flexibility index (Phi) is 4.44. The van der Waals surface area contributed by atoms with Gasteiger partial charge in [0.15, 0.2) is 0 Å². The number of anilines is 1. The molecule has 0 spiro atoms. The van der Waals surface area contributed by atoms with Crippen LogP contribution < -0.4 is 4.90 Å². The van der Waals surface area contributed by atoms with E-state index >= 15 is 0 Å². The second-order valence-electron chi connectivity index (χ2n) is 3.20. The Morgan fingerprint density at radius 3 is 2.36 bits per heavy atom. The summed E-state index contributed by atoms with van der Waals surface area (Å²) in [6, 6.07) is 4.29. The molecular weight excluding hydrogens is 172 g/mol. The predicted molar refractivity (Wildman–Crippen MR) is 61.8 cm³/mol. The van der Waals surface area contributed by atoms with E-state index in [2.05, 4.69) is 28.9 Å². The first-order chi connectivity index (χ1) is 6.90. The molecule has 0 bridgehead atoms. The van der Waals surface area contributed by atoms with Crippen LogP contribution in [0.1, 0.15) is 32.9 Å². The molecule has 1 fully saturated rings. The van der Waals surface area contributed by atoms with E-state index in [9.17, 15) is 0 Å². The first-order valence-electron chi connectivity index (χ1n) is 5.60. The van der Waals surface area contributed by atoms with Crippen LogP contribution in [0.4, 0.5) is 5.69 Å². The van der Waals surface area contributed by atoms with Crippen molar-refractivity contribution < 1.29 is 0 Å². The lowest BCUT2D eigenvalue weighted by atomic mass is 10.2. The van der Waals surface area contributed by atoms with Crippen molar-refractivity contribution in [1.29, 1.82) is 0 Å². The first kappa shape index (κ1) is 11.0. The molecule has 2 heteroatoms. The van der Waals surface area contributed by atoms with Crippen LogP contribution in [0, 0.1) is 0 Å². The highest BCUT2D eigenvalue weighted by Gasteiger charge is 2.13. The van der Waals surface area contributed by atoms with E-state index in [1.54, 1.807) is 0 Å². The molecule has 1 saturated heterocycles. The fourth-order valence-corrected chi connectivity index (χ4v) is 1.39. The van der Waals surface area contributed by atoms with Crippen molar-refractivity contribution in [3.63, 3.8) is 0 Å². The molecule has 1 aliphatic heterocycles. The lowest BCUT2D eigenvalue weighted by Gasteiger charge is -2.32. The zero-order valence-electron chi connectivity index (χ0n) is 9.45. The van der Waals surface area contributed by atoms with Gasteiger partial charge in [-0.15, -0.1) is 0 Å². The Morgan fingerprint density at radius 1 is 1.29 bits per heavy atom. The van der Waals surface area contributed by atoms with E-state index in [4.69, 9.17) is 0 Å². The molecule has 0 radical (unpaired) electrons. The SMILES string of the molecule is CC.CCc1ccc(N2CCC2)cn1. The number of nitrogens with zero attached hydrogens (tertiary/aromatic N) is 2. The minimum absolute atomic E-state index is 1.03. The lowest BCUT2D eigenvalue weighted by Crippen LogP contribution is -2.36. The summed E-state index contributed by atoms with van der Waals surface area (Å²) in [6.07, 6.45) is 4.34. The third-order valence-electron chi connectivity index (χ3n) is 2.39. The molecule has 0 atom stereocenters. The zero-order valence-corrected chi connectivity index (χ0v) is 9.45. The molecule has 14 heavy (non-hydrogen) atoms. The van der Waals surface area contributed by atoms with Crippen LogP contribution in [0.15, 0.2) is 18.3 Å². The van der Waals surface area contributed by atoms with E-state index in [0.29, 0.717) is 0 Å². The van der Waals surface area contributed by atoms with Crippen LogP contribution in [0.3, 0.4) is 0 Å². The number of pyridine rings is 1. The molecule has 78 valence electrons. The second kappa shape index (κ2) is 5.63. The van der Waals surface area contributed by atoms with Gasteiger partial charge in [0, 0.05) is 18.8 Å². The highest BCUT2D eigenvalue weighted by atomic mass is 15.2. The molecule has 0 aromatic carbocycles. The monoisotopic (exact) mass is 192 g/mol. The maximum Gasteiger partial charge on any atom is 0.0552 e. The maximum atomic E-state index is 4.36. The fraction of sp³-hybridized carbons (Fsp3) is 0.583. The summed E-state index contributed by atoms with van der Waals surface area (Å²) in [4.78, 5) is 6.71. The largest absolute Gasteiger partial charge is 0.370 e. The highest BCUT2D eigenvalue weighted by molar-refractivity contribution is 5.46. The summed E-state index contributed by atoms with van der Waals surface area (Å²) in [5, 5.41) is 0. The molecule has 0 saturated carbocycles. The summed E-state index contributed by atoms with van der Waals surface area (Å²) in [5.74, 6) is 0. The summed E-state index contributed by atoms with van der Waals surface area (Å²) in [5.41, 5.74) is 2.46. The van der Waals surface area contributed by atoms with Crippen LogP contribution >= 0.6 is 0 Å². The maximum absolute atomic E-state index is 4.36. The van der Waals surface area contributed by atoms with E-state index in [1.165, 1.54) is 30.9 Å². The number of rotatable bonds is 2. The van der Waals surface area contributed by atoms with Gasteiger partial charge >= 0.3 is 0 Å². The average Bonchev–Trinajstić information content (AvgIpc) is 2.20. The second-order valence-corrected chi connectivity index (χ2v) is 3.20. The number of hydrogen-bond acceptors (Lipinski definition) is 2. The molecule has 1 aromatic heterocycles. The molecule has 0 aliphatic carbocycles. The fourth-order valence-electron chi connectivity index (χ4n) is 1.39. The van der Waals surface area contributed by atoms with Gasteiger partial charge in [0.1, 0.15) is 0 Å². The van der Waals surface area contributed by atoms with Crippen LogP contribution in [-0.2, 0) is 6.42 Å². The molecule has 2 nitrogen and oxygen atoms in total. The topological polar surface area (TPSA) is 16.1 Å². The number of hydrogen-bond donors (Lipinski definition) is 0. The lowest BCUT2D eigenvalue weighted by molar-refractivity contribution is 0.616. The molecule has 2 heterocycles. The Balaban J connectivity index is 0.000000461. The van der Waals surface area contributed by atoms with Crippen LogP contribution in [0.2, 0.25) is 0 Å². The molecule has 1 aromatic rings. The van der Waals surface area contributed by atoms with Gasteiger partial charge in [0.05, 0.1) is 11.9 Å². The van der Waals surface area contributed by atoms with Crippen molar-refractivity contribution in [3.05, 3.63) is 24.0 Å². The smallest absolute Gasteiger partial charge is 0.0552 e. The Morgan fingerprint density at radius 2 is 2.00 bits per heavy atom. The van der Waals surface area contributed by atoms with Crippen molar-refractivity contribution >= 4 is 5.69 Å². The Bertz CT molecular complexity index is 250. The summed E-state index contributed by atoms with van der Waals surface area (Å²) >= 11 is 0. The van der Waals surface area contributed by atoms with Gasteiger partial charge in [-0.25, -0.2) is 0 Å². The van der Waals surface area contributed by atoms with Crippen molar-refractivity contribution in [2.45, 2.75) is 33.6 Å². The number of aryl methyl sites for hydroxylation is 1. The van der Waals surface area contributed by atoms with Crippen molar-refractivity contribution in [2.75, 3.05) is 18.0 Å². The summed E-state index contributed by atoms with van der Waals surface area (Å²) < 4.78 is 0. The van der Waals surface area contributed by atoms with E-state index < -0.39 is 0 Å². The van der Waals surface area contributed by atoms with E-state index in [-0.39, 0.29) is 0 Å². The Labute approximate surface area is 87.0 Å². The Hall–Kier alpha value is -1.05. The quantitative estimate of drug-likeness (QED) is 0.716. The van der Waals surface area contributed by atoms with Gasteiger partial charge < -0.3 is 4.90 Å². The molecule has 2 rings (SSSR count). The van der Waals surface area contributed by atoms with Gasteiger partial charge in [-0.3, -0.25) is 4.98 Å². The molecule has 0 unspecified atom stereocenters. The molecule has 1 aliphatic rings. The van der Waals surface area contributed by atoms with E-state index in [0.717, 1.165) is 6.42 Å². The van der Waals surface area contributed by atoms with Crippen molar-refractivity contribution in [1.82, 2.24) is 4.98 Å². The van der Waals surface area contributed by atoms with Gasteiger partial charge in [0.2, 0.25) is 0 Å². The third kappa shape index (κ3) is 2.47. The first-order valence-corrected chi connectivity index (χ1v) is 5.60. The normalized spacial score (nSPS) is 14.1. The van der Waals surface area contributed by atoms with Crippen molar-refractivity contribution in [3.8, 4) is 0 Å². The van der Waals surface area contributed by atoms with Gasteiger partial charge in [-0.05, 0) is 25.0 Å². The minimum Gasteiger partial charge on any atom is -0.370 e. The summed E-state index contributed by atoms with van der Waals surface area (Å²) in [6.45, 7) is 8.53. The average molecular weight is 192 g/mol.